The van der Waals surface area contributed by atoms with Crippen LogP contribution in [0.1, 0.15) is 20.3 Å². The van der Waals surface area contributed by atoms with Crippen molar-refractivity contribution in [3.63, 3.8) is 0 Å². The van der Waals surface area contributed by atoms with Crippen molar-refractivity contribution in [2.45, 2.75) is 31.5 Å². The summed E-state index contributed by atoms with van der Waals surface area (Å²) in [6.07, 6.45) is 0.488. The Morgan fingerprint density at radius 2 is 2.32 bits per heavy atom. The molecule has 0 saturated heterocycles. The number of imidazole rings is 1. The molecule has 19 heavy (non-hydrogen) atoms. The average molecular weight is 278 g/mol. The van der Waals surface area contributed by atoms with E-state index in [9.17, 15) is 4.79 Å². The van der Waals surface area contributed by atoms with Crippen LogP contribution in [-0.2, 0) is 4.79 Å². The standard InChI is InChI=1S/C13H18N4OS/c1-8(2)15-12(18)5-6-19-13-16-10-4-3-9(14)7-11(10)17-13/h3-4,7-8H,5-6,14H2,1-2H3,(H,15,18)(H,16,17). The Hall–Kier alpha value is -1.69. The summed E-state index contributed by atoms with van der Waals surface area (Å²) >= 11 is 1.54. The highest BCUT2D eigenvalue weighted by molar-refractivity contribution is 7.99. The normalized spacial score (nSPS) is 11.1. The molecule has 0 saturated carbocycles. The molecule has 0 aliphatic rings. The molecule has 6 heteroatoms. The van der Waals surface area contributed by atoms with E-state index in [0.29, 0.717) is 17.9 Å². The summed E-state index contributed by atoms with van der Waals surface area (Å²) in [5.41, 5.74) is 8.24. The molecular weight excluding hydrogens is 260 g/mol. The van der Waals surface area contributed by atoms with E-state index in [4.69, 9.17) is 5.73 Å². The molecule has 1 aromatic carbocycles. The SMILES string of the molecule is CC(C)NC(=O)CCSc1nc2ccc(N)cc2[nH]1. The van der Waals surface area contributed by atoms with E-state index in [1.807, 2.05) is 32.0 Å². The van der Waals surface area contributed by atoms with Crippen LogP contribution in [0.25, 0.3) is 11.0 Å². The van der Waals surface area contributed by atoms with Gasteiger partial charge in [-0.1, -0.05) is 11.8 Å². The number of nitrogens with zero attached hydrogens (tertiary/aromatic N) is 1. The Labute approximate surface area is 116 Å². The maximum Gasteiger partial charge on any atom is 0.221 e. The molecule has 1 heterocycles. The van der Waals surface area contributed by atoms with Crippen molar-refractivity contribution in [3.8, 4) is 0 Å². The molecule has 2 aromatic rings. The third-order valence-corrected chi connectivity index (χ3v) is 3.38. The lowest BCUT2D eigenvalue weighted by atomic mass is 10.3. The highest BCUT2D eigenvalue weighted by Crippen LogP contribution is 2.21. The van der Waals surface area contributed by atoms with Gasteiger partial charge in [0, 0.05) is 23.9 Å². The van der Waals surface area contributed by atoms with E-state index in [-0.39, 0.29) is 11.9 Å². The van der Waals surface area contributed by atoms with E-state index in [0.717, 1.165) is 16.2 Å². The zero-order chi connectivity index (χ0) is 13.8. The molecule has 0 fully saturated rings. The van der Waals surface area contributed by atoms with Crippen LogP contribution in [0, 0.1) is 0 Å². The van der Waals surface area contributed by atoms with Gasteiger partial charge >= 0.3 is 0 Å². The fraction of sp³-hybridized carbons (Fsp3) is 0.385. The molecule has 5 nitrogen and oxygen atoms in total. The number of aromatic amines is 1. The van der Waals surface area contributed by atoms with E-state index >= 15 is 0 Å². The molecule has 1 amide bonds. The van der Waals surface area contributed by atoms with Crippen LogP contribution in [0.2, 0.25) is 0 Å². The van der Waals surface area contributed by atoms with Gasteiger partial charge in [0.25, 0.3) is 0 Å². The maximum atomic E-state index is 11.5. The molecule has 0 spiro atoms. The maximum absolute atomic E-state index is 11.5. The first-order valence-corrected chi connectivity index (χ1v) is 7.20. The fourth-order valence-electron chi connectivity index (χ4n) is 1.71. The fourth-order valence-corrected chi connectivity index (χ4v) is 2.53. The number of nitrogens with one attached hydrogen (secondary N) is 2. The second kappa shape index (κ2) is 5.97. The first kappa shape index (κ1) is 13.7. The number of H-pyrrole nitrogens is 1. The predicted molar refractivity (Wildman–Crippen MR) is 79.1 cm³/mol. The second-order valence-corrected chi connectivity index (χ2v) is 5.72. The lowest BCUT2D eigenvalue weighted by Crippen LogP contribution is -2.30. The topological polar surface area (TPSA) is 83.8 Å². The Bertz CT molecular complexity index is 579. The molecule has 0 unspecified atom stereocenters. The van der Waals surface area contributed by atoms with Gasteiger partial charge in [-0.2, -0.15) is 0 Å². The van der Waals surface area contributed by atoms with E-state index in [2.05, 4.69) is 15.3 Å². The minimum atomic E-state index is 0.0721. The zero-order valence-corrected chi connectivity index (χ0v) is 11.9. The zero-order valence-electron chi connectivity index (χ0n) is 11.1. The molecule has 0 bridgehead atoms. The van der Waals surface area contributed by atoms with Gasteiger partial charge in [-0.05, 0) is 32.0 Å². The van der Waals surface area contributed by atoms with Crippen molar-refractivity contribution in [1.29, 1.82) is 0 Å². The predicted octanol–water partition coefficient (Wildman–Crippen LogP) is 2.15. The molecule has 0 radical (unpaired) electrons. The van der Waals surface area contributed by atoms with Crippen LogP contribution in [0.5, 0.6) is 0 Å². The molecule has 0 aliphatic carbocycles. The van der Waals surface area contributed by atoms with Crippen LogP contribution < -0.4 is 11.1 Å². The number of carbonyl (C=O) groups excluding carboxylic acids is 1. The number of carbonyl (C=O) groups is 1. The second-order valence-electron chi connectivity index (χ2n) is 4.64. The number of amides is 1. The Balaban J connectivity index is 1.89. The molecule has 0 atom stereocenters. The summed E-state index contributed by atoms with van der Waals surface area (Å²) in [5, 5.41) is 3.68. The lowest BCUT2D eigenvalue weighted by Gasteiger charge is -2.06. The number of fused-ring (bicyclic) bond motifs is 1. The van der Waals surface area contributed by atoms with Gasteiger partial charge in [0.15, 0.2) is 5.16 Å². The van der Waals surface area contributed by atoms with Crippen LogP contribution in [-0.4, -0.2) is 27.7 Å². The van der Waals surface area contributed by atoms with E-state index in [1.165, 1.54) is 11.8 Å². The van der Waals surface area contributed by atoms with Gasteiger partial charge in [-0.3, -0.25) is 4.79 Å². The summed E-state index contributed by atoms with van der Waals surface area (Å²) in [4.78, 5) is 19.1. The lowest BCUT2D eigenvalue weighted by molar-refractivity contribution is -0.121. The third kappa shape index (κ3) is 3.89. The van der Waals surface area contributed by atoms with Gasteiger partial charge < -0.3 is 16.0 Å². The number of nitrogens with two attached hydrogens (primary N) is 1. The quantitative estimate of drug-likeness (QED) is 0.578. The number of rotatable bonds is 5. The highest BCUT2D eigenvalue weighted by atomic mass is 32.2. The van der Waals surface area contributed by atoms with Crippen molar-refractivity contribution in [2.75, 3.05) is 11.5 Å². The number of benzene rings is 1. The van der Waals surface area contributed by atoms with E-state index < -0.39 is 0 Å². The van der Waals surface area contributed by atoms with Crippen molar-refractivity contribution in [1.82, 2.24) is 15.3 Å². The Morgan fingerprint density at radius 1 is 1.53 bits per heavy atom. The Morgan fingerprint density at radius 3 is 3.05 bits per heavy atom. The van der Waals surface area contributed by atoms with Gasteiger partial charge in [-0.25, -0.2) is 4.98 Å². The largest absolute Gasteiger partial charge is 0.399 e. The number of hydrogen-bond acceptors (Lipinski definition) is 4. The van der Waals surface area contributed by atoms with Crippen LogP contribution in [0.3, 0.4) is 0 Å². The summed E-state index contributed by atoms with van der Waals surface area (Å²) in [6.45, 7) is 3.91. The van der Waals surface area contributed by atoms with Gasteiger partial charge in [0.05, 0.1) is 11.0 Å². The van der Waals surface area contributed by atoms with Gasteiger partial charge in [-0.15, -0.1) is 0 Å². The molecule has 1 aromatic heterocycles. The number of thioether (sulfide) groups is 1. The summed E-state index contributed by atoms with van der Waals surface area (Å²) < 4.78 is 0. The van der Waals surface area contributed by atoms with Crippen molar-refractivity contribution in [3.05, 3.63) is 18.2 Å². The van der Waals surface area contributed by atoms with Crippen molar-refractivity contribution in [2.24, 2.45) is 0 Å². The van der Waals surface area contributed by atoms with E-state index in [1.54, 1.807) is 0 Å². The van der Waals surface area contributed by atoms with Gasteiger partial charge in [0.1, 0.15) is 0 Å². The molecule has 2 rings (SSSR count). The number of anilines is 1. The first-order chi connectivity index (χ1) is 9.04. The minimum Gasteiger partial charge on any atom is -0.399 e. The molecule has 4 N–H and O–H groups in total. The van der Waals surface area contributed by atoms with Gasteiger partial charge in [0.2, 0.25) is 5.91 Å². The number of hydrogen-bond donors (Lipinski definition) is 3. The Kier molecular flexibility index (Phi) is 4.31. The third-order valence-electron chi connectivity index (χ3n) is 2.50. The minimum absolute atomic E-state index is 0.0721. The smallest absolute Gasteiger partial charge is 0.221 e. The summed E-state index contributed by atoms with van der Waals surface area (Å²) in [7, 11) is 0. The molecular formula is C13H18N4OS. The molecule has 0 aliphatic heterocycles. The monoisotopic (exact) mass is 278 g/mol. The number of nitrogen functional groups attached to an aromatic ring is 1. The van der Waals surface area contributed by atoms with Crippen LogP contribution in [0.4, 0.5) is 5.69 Å². The summed E-state index contributed by atoms with van der Waals surface area (Å²) in [5.74, 6) is 0.774. The average Bonchev–Trinajstić information content (AvgIpc) is 2.69. The summed E-state index contributed by atoms with van der Waals surface area (Å²) in [6, 6.07) is 5.76. The number of aromatic nitrogens is 2. The van der Waals surface area contributed by atoms with Crippen molar-refractivity contribution < 1.29 is 4.79 Å². The van der Waals surface area contributed by atoms with Crippen molar-refractivity contribution >= 4 is 34.4 Å². The first-order valence-electron chi connectivity index (χ1n) is 6.22. The highest BCUT2D eigenvalue weighted by Gasteiger charge is 2.06. The van der Waals surface area contributed by atoms with Crippen LogP contribution >= 0.6 is 11.8 Å². The van der Waals surface area contributed by atoms with Crippen LogP contribution in [0.15, 0.2) is 23.4 Å². The molecule has 102 valence electrons.